The van der Waals surface area contributed by atoms with Crippen molar-refractivity contribution < 1.29 is 47.7 Å². The van der Waals surface area contributed by atoms with E-state index in [0.717, 1.165) is 16.5 Å². The normalized spacial score (nSPS) is 12.2. The first-order chi connectivity index (χ1) is 29.6. The lowest BCUT2D eigenvalue weighted by molar-refractivity contribution is -0.156. The van der Waals surface area contributed by atoms with Crippen LogP contribution in [0, 0.1) is 0 Å². The predicted octanol–water partition coefficient (Wildman–Crippen LogP) is 4.57. The maximum atomic E-state index is 14.1. The van der Waals surface area contributed by atoms with E-state index in [1.54, 1.807) is 115 Å². The monoisotopic (exact) mass is 832 g/mol. The van der Waals surface area contributed by atoms with Crippen molar-refractivity contribution in [1.29, 1.82) is 0 Å². The van der Waals surface area contributed by atoms with Gasteiger partial charge in [0.25, 0.3) is 11.8 Å². The van der Waals surface area contributed by atoms with Gasteiger partial charge in [0, 0.05) is 12.6 Å². The Morgan fingerprint density at radius 1 is 0.672 bits per heavy atom. The summed E-state index contributed by atoms with van der Waals surface area (Å²) in [5, 5.41) is 2.36. The average molecular weight is 833 g/mol. The van der Waals surface area contributed by atoms with Crippen LogP contribution in [-0.2, 0) is 71.0 Å². The molecule has 16 heteroatoms. The van der Waals surface area contributed by atoms with Gasteiger partial charge in [-0.05, 0) is 48.1 Å². The zero-order valence-corrected chi connectivity index (χ0v) is 33.4. The topological polar surface area (TPSA) is 224 Å². The summed E-state index contributed by atoms with van der Waals surface area (Å²) in [6.45, 7) is -1.29. The number of unbranched alkanes of at least 4 members (excludes halogenated alkanes) is 1. The lowest BCUT2D eigenvalue weighted by Crippen LogP contribution is -2.63. The third-order valence-electron chi connectivity index (χ3n) is 9.30. The molecule has 3 amide bonds. The number of hydrogen-bond acceptors (Lipinski definition) is 13. The maximum absolute atomic E-state index is 14.1. The summed E-state index contributed by atoms with van der Waals surface area (Å²) in [5.74, 6) is -4.31. The lowest BCUT2D eigenvalue weighted by Gasteiger charge is -2.29. The number of nitrogens with zero attached hydrogens (tertiary/aromatic N) is 3. The largest absolute Gasteiger partial charge is 0.459 e. The molecule has 1 heterocycles. The van der Waals surface area contributed by atoms with Crippen molar-refractivity contribution in [3.8, 4) is 0 Å². The van der Waals surface area contributed by atoms with E-state index < -0.39 is 60.5 Å². The zero-order valence-electron chi connectivity index (χ0n) is 33.4. The van der Waals surface area contributed by atoms with Gasteiger partial charge >= 0.3 is 24.1 Å². The first kappa shape index (κ1) is 44.9. The summed E-state index contributed by atoms with van der Waals surface area (Å²) in [7, 11) is 0. The molecule has 5 rings (SSSR count). The minimum atomic E-state index is -2.52. The van der Waals surface area contributed by atoms with Crippen molar-refractivity contribution >= 4 is 35.9 Å². The maximum Gasteiger partial charge on any atom is 0.419 e. The number of nitrogens with two attached hydrogens (primary N) is 2. The third kappa shape index (κ3) is 13.4. The van der Waals surface area contributed by atoms with Crippen molar-refractivity contribution in [2.45, 2.75) is 63.7 Å². The SMILES string of the molecule is NCCCC[C@@H](C(=O)OCc1ccccc1)N(C(=O)CNC(=O)[C@@](N)(Cc1cn(C(=O)OCc2ccccc2)cn1)C(=O)OCc1ccccc1)C(=O)OCc1ccccc1. The molecule has 0 radical (unpaired) electrons. The number of amides is 3. The van der Waals surface area contributed by atoms with E-state index in [0.29, 0.717) is 34.4 Å². The average Bonchev–Trinajstić information content (AvgIpc) is 3.76. The molecule has 0 fully saturated rings. The van der Waals surface area contributed by atoms with E-state index in [2.05, 4.69) is 10.3 Å². The Labute approximate surface area is 352 Å². The minimum absolute atomic E-state index is 0.0221. The number of nitrogens with one attached hydrogen (secondary N) is 1. The Bertz CT molecular complexity index is 2210. The fourth-order valence-electron chi connectivity index (χ4n) is 5.98. The van der Waals surface area contributed by atoms with Gasteiger partial charge in [-0.25, -0.2) is 33.6 Å². The third-order valence-corrected chi connectivity index (χ3v) is 9.30. The van der Waals surface area contributed by atoms with Gasteiger partial charge in [-0.1, -0.05) is 121 Å². The van der Waals surface area contributed by atoms with E-state index in [1.807, 2.05) is 6.07 Å². The van der Waals surface area contributed by atoms with Crippen molar-refractivity contribution in [3.63, 3.8) is 0 Å². The number of rotatable bonds is 20. The zero-order chi connectivity index (χ0) is 43.5. The number of imide groups is 1. The number of hydrogen-bond donors (Lipinski definition) is 3. The van der Waals surface area contributed by atoms with Crippen LogP contribution >= 0.6 is 0 Å². The van der Waals surface area contributed by atoms with Crippen LogP contribution in [0.4, 0.5) is 9.59 Å². The molecule has 1 aromatic heterocycles. The van der Waals surface area contributed by atoms with Gasteiger partial charge in [-0.3, -0.25) is 9.59 Å². The van der Waals surface area contributed by atoms with Gasteiger partial charge in [0.1, 0.15) is 38.8 Å². The molecular formula is C45H48N6O10. The van der Waals surface area contributed by atoms with Crippen molar-refractivity contribution in [1.82, 2.24) is 19.8 Å². The van der Waals surface area contributed by atoms with E-state index in [1.165, 1.54) is 6.20 Å². The highest BCUT2D eigenvalue weighted by Crippen LogP contribution is 2.18. The molecule has 318 valence electrons. The summed E-state index contributed by atoms with van der Waals surface area (Å²) in [5.41, 5.74) is 12.4. The van der Waals surface area contributed by atoms with Crippen LogP contribution in [0.3, 0.4) is 0 Å². The van der Waals surface area contributed by atoms with Gasteiger partial charge in [-0.2, -0.15) is 0 Å². The molecule has 16 nitrogen and oxygen atoms in total. The van der Waals surface area contributed by atoms with E-state index in [4.69, 9.17) is 30.4 Å². The minimum Gasteiger partial charge on any atom is -0.459 e. The quantitative estimate of drug-likeness (QED) is 0.0424. The summed E-state index contributed by atoms with van der Waals surface area (Å²) in [6, 6.07) is 33.7. The van der Waals surface area contributed by atoms with E-state index >= 15 is 0 Å². The van der Waals surface area contributed by atoms with Crippen LogP contribution in [0.5, 0.6) is 0 Å². The number of carbonyl (C=O) groups excluding carboxylic acids is 6. The van der Waals surface area contributed by atoms with Gasteiger partial charge < -0.3 is 35.7 Å². The molecule has 0 bridgehead atoms. The molecule has 0 saturated heterocycles. The summed E-state index contributed by atoms with van der Waals surface area (Å²) >= 11 is 0. The lowest BCUT2D eigenvalue weighted by atomic mass is 9.93. The number of carbonyl (C=O) groups is 6. The molecule has 4 aromatic carbocycles. The number of benzene rings is 4. The second kappa shape index (κ2) is 22.8. The molecular weight excluding hydrogens is 785 g/mol. The Balaban J connectivity index is 1.36. The second-order valence-corrected chi connectivity index (χ2v) is 13.9. The van der Waals surface area contributed by atoms with Crippen molar-refractivity contribution in [3.05, 3.63) is 162 Å². The van der Waals surface area contributed by atoms with Crippen molar-refractivity contribution in [2.24, 2.45) is 11.5 Å². The first-order valence-electron chi connectivity index (χ1n) is 19.5. The Morgan fingerprint density at radius 3 is 1.69 bits per heavy atom. The fourth-order valence-corrected chi connectivity index (χ4v) is 5.98. The van der Waals surface area contributed by atoms with Crippen LogP contribution in [0.2, 0.25) is 0 Å². The smallest absolute Gasteiger partial charge is 0.419 e. The molecule has 0 aliphatic heterocycles. The molecule has 2 atom stereocenters. The van der Waals surface area contributed by atoms with Crippen LogP contribution in [0.25, 0.3) is 0 Å². The van der Waals surface area contributed by atoms with Crippen LogP contribution in [0.1, 0.15) is 47.2 Å². The number of aromatic nitrogens is 2. The van der Waals surface area contributed by atoms with Gasteiger partial charge in [0.05, 0.1) is 12.2 Å². The van der Waals surface area contributed by atoms with Gasteiger partial charge in [-0.15, -0.1) is 0 Å². The number of esters is 2. The Hall–Kier alpha value is -7.17. The Kier molecular flexibility index (Phi) is 16.8. The molecule has 61 heavy (non-hydrogen) atoms. The highest BCUT2D eigenvalue weighted by molar-refractivity contribution is 6.09. The summed E-state index contributed by atoms with van der Waals surface area (Å²) < 4.78 is 23.0. The Morgan fingerprint density at radius 2 is 1.16 bits per heavy atom. The summed E-state index contributed by atoms with van der Waals surface area (Å²) in [6.07, 6.45) is 0.592. The van der Waals surface area contributed by atoms with Crippen molar-refractivity contribution in [2.75, 3.05) is 13.1 Å². The highest BCUT2D eigenvalue weighted by atomic mass is 16.6. The molecule has 5 aromatic rings. The van der Waals surface area contributed by atoms with Crippen LogP contribution in [0.15, 0.2) is 134 Å². The summed E-state index contributed by atoms with van der Waals surface area (Å²) in [4.78, 5) is 87.0. The number of imidazole rings is 1. The van der Waals surface area contributed by atoms with Gasteiger partial charge in [0.2, 0.25) is 0 Å². The second-order valence-electron chi connectivity index (χ2n) is 13.9. The first-order valence-corrected chi connectivity index (χ1v) is 19.5. The van der Waals surface area contributed by atoms with Gasteiger partial charge in [0.15, 0.2) is 5.54 Å². The molecule has 0 unspecified atom stereocenters. The molecule has 0 saturated carbocycles. The van der Waals surface area contributed by atoms with E-state index in [9.17, 15) is 28.8 Å². The van der Waals surface area contributed by atoms with E-state index in [-0.39, 0.29) is 45.1 Å². The standard InChI is InChI=1S/C45H48N6O10/c46-24-14-13-23-38(40(53)58-28-33-15-5-1-6-16-33)51(44(57)61-31-36-21-11-4-12-22-36)39(52)26-48-41(54)45(47,42(55)59-29-34-17-7-2-8-18-34)25-37-27-50(32-49-37)43(56)60-30-35-19-9-3-10-20-35/h1-12,15-22,27,32,38H,13-14,23-26,28-31,46-47H2,(H,48,54)/t38-,45-/m0/s1. The molecule has 0 aliphatic rings. The molecule has 5 N–H and O–H groups in total. The predicted molar refractivity (Wildman–Crippen MR) is 221 cm³/mol. The molecule has 0 aliphatic carbocycles. The number of ether oxygens (including phenoxy) is 4. The van der Waals surface area contributed by atoms with Crippen LogP contribution < -0.4 is 16.8 Å². The highest BCUT2D eigenvalue weighted by Gasteiger charge is 2.45. The fraction of sp³-hybridized carbons (Fsp3) is 0.267. The van der Waals surface area contributed by atoms with Crippen LogP contribution in [-0.4, -0.2) is 75.1 Å². The molecule has 0 spiro atoms.